The van der Waals surface area contributed by atoms with Crippen LogP contribution in [-0.4, -0.2) is 23.3 Å². The Morgan fingerprint density at radius 2 is 2.26 bits per heavy atom. The van der Waals surface area contributed by atoms with Crippen molar-refractivity contribution in [2.75, 3.05) is 11.9 Å². The lowest BCUT2D eigenvalue weighted by molar-refractivity contribution is -0.126. The third kappa shape index (κ3) is 3.42. The van der Waals surface area contributed by atoms with Gasteiger partial charge in [0.15, 0.2) is 0 Å². The van der Waals surface area contributed by atoms with Crippen LogP contribution in [0.1, 0.15) is 40.3 Å². The standard InChI is InChI=1S/C20H21FN4O2/c1-11-17(14-4-5-22-8-12(14)9-23-11)10-24-20(27)16-7-19(26)25-18-3-2-13(21)6-15(16)18/h2-3,6,9,16,22H,4-5,7-8,10H2,1H3,(H,24,27)(H,25,26)/t16-/m1/s1. The predicted octanol–water partition coefficient (Wildman–Crippen LogP) is 1.92. The molecule has 4 rings (SSSR count). The molecule has 0 unspecified atom stereocenters. The van der Waals surface area contributed by atoms with Gasteiger partial charge in [-0.3, -0.25) is 14.6 Å². The van der Waals surface area contributed by atoms with Crippen molar-refractivity contribution in [3.8, 4) is 0 Å². The lowest BCUT2D eigenvalue weighted by Crippen LogP contribution is -2.35. The molecule has 140 valence electrons. The summed E-state index contributed by atoms with van der Waals surface area (Å²) in [7, 11) is 0. The van der Waals surface area contributed by atoms with Gasteiger partial charge in [0.1, 0.15) is 5.82 Å². The van der Waals surface area contributed by atoms with Gasteiger partial charge in [-0.15, -0.1) is 0 Å². The van der Waals surface area contributed by atoms with Crippen molar-refractivity contribution in [3.05, 3.63) is 58.2 Å². The average Bonchev–Trinajstić information content (AvgIpc) is 2.66. The van der Waals surface area contributed by atoms with Gasteiger partial charge in [-0.1, -0.05) is 0 Å². The number of nitrogens with one attached hydrogen (secondary N) is 3. The summed E-state index contributed by atoms with van der Waals surface area (Å²) >= 11 is 0. The van der Waals surface area contributed by atoms with Crippen molar-refractivity contribution in [2.24, 2.45) is 0 Å². The molecule has 0 bridgehead atoms. The van der Waals surface area contributed by atoms with Crippen LogP contribution in [-0.2, 0) is 29.1 Å². The molecule has 3 N–H and O–H groups in total. The van der Waals surface area contributed by atoms with Gasteiger partial charge in [-0.25, -0.2) is 4.39 Å². The van der Waals surface area contributed by atoms with Crippen LogP contribution in [0.15, 0.2) is 24.4 Å². The molecule has 7 heteroatoms. The first kappa shape index (κ1) is 17.6. The highest BCUT2D eigenvalue weighted by Crippen LogP contribution is 2.33. The maximum Gasteiger partial charge on any atom is 0.228 e. The van der Waals surface area contributed by atoms with Crippen molar-refractivity contribution >= 4 is 17.5 Å². The van der Waals surface area contributed by atoms with Crippen molar-refractivity contribution in [1.82, 2.24) is 15.6 Å². The monoisotopic (exact) mass is 368 g/mol. The minimum atomic E-state index is -0.695. The number of hydrogen-bond acceptors (Lipinski definition) is 4. The van der Waals surface area contributed by atoms with Gasteiger partial charge in [-0.05, 0) is 60.3 Å². The first-order valence-corrected chi connectivity index (χ1v) is 9.07. The lowest BCUT2D eigenvalue weighted by Gasteiger charge is -2.26. The normalized spacial score (nSPS) is 18.3. The van der Waals surface area contributed by atoms with Crippen molar-refractivity contribution < 1.29 is 14.0 Å². The second-order valence-electron chi connectivity index (χ2n) is 7.01. The lowest BCUT2D eigenvalue weighted by atomic mass is 9.89. The van der Waals surface area contributed by atoms with Gasteiger partial charge in [-0.2, -0.15) is 0 Å². The number of anilines is 1. The molecule has 0 saturated heterocycles. The number of benzene rings is 1. The quantitative estimate of drug-likeness (QED) is 0.773. The van der Waals surface area contributed by atoms with Gasteiger partial charge >= 0.3 is 0 Å². The highest BCUT2D eigenvalue weighted by Gasteiger charge is 2.31. The Bertz CT molecular complexity index is 928. The van der Waals surface area contributed by atoms with Gasteiger partial charge < -0.3 is 16.0 Å². The van der Waals surface area contributed by atoms with E-state index in [0.29, 0.717) is 17.8 Å². The van der Waals surface area contributed by atoms with E-state index in [1.165, 1.54) is 23.8 Å². The van der Waals surface area contributed by atoms with Crippen LogP contribution in [0.5, 0.6) is 0 Å². The van der Waals surface area contributed by atoms with Crippen LogP contribution in [0.2, 0.25) is 0 Å². The molecule has 1 aromatic carbocycles. The summed E-state index contributed by atoms with van der Waals surface area (Å²) in [5, 5.41) is 8.95. The third-order valence-electron chi connectivity index (χ3n) is 5.28. The molecular formula is C20H21FN4O2. The molecule has 2 amide bonds. The maximum absolute atomic E-state index is 13.7. The van der Waals surface area contributed by atoms with Crippen LogP contribution in [0.3, 0.4) is 0 Å². The first-order valence-electron chi connectivity index (χ1n) is 9.07. The zero-order valence-electron chi connectivity index (χ0n) is 15.1. The molecule has 2 aromatic rings. The van der Waals surface area contributed by atoms with Crippen LogP contribution in [0, 0.1) is 12.7 Å². The van der Waals surface area contributed by atoms with E-state index in [9.17, 15) is 14.0 Å². The molecule has 6 nitrogen and oxygen atoms in total. The van der Waals surface area contributed by atoms with E-state index in [4.69, 9.17) is 0 Å². The Morgan fingerprint density at radius 1 is 1.41 bits per heavy atom. The van der Waals surface area contributed by atoms with E-state index in [2.05, 4.69) is 20.9 Å². The molecule has 0 fully saturated rings. The average molecular weight is 368 g/mol. The summed E-state index contributed by atoms with van der Waals surface area (Å²) in [6.45, 7) is 3.96. The van der Waals surface area contributed by atoms with Gasteiger partial charge in [0, 0.05) is 37.1 Å². The molecule has 2 aliphatic rings. The second kappa shape index (κ2) is 7.08. The number of nitrogens with zero attached hydrogens (tertiary/aromatic N) is 1. The number of fused-ring (bicyclic) bond motifs is 2. The topological polar surface area (TPSA) is 83.1 Å². The minimum Gasteiger partial charge on any atom is -0.351 e. The number of pyridine rings is 1. The van der Waals surface area contributed by atoms with Gasteiger partial charge in [0.05, 0.1) is 5.92 Å². The molecule has 0 aliphatic carbocycles. The minimum absolute atomic E-state index is 0.0103. The number of aromatic nitrogens is 1. The summed E-state index contributed by atoms with van der Waals surface area (Å²) < 4.78 is 13.7. The predicted molar refractivity (Wildman–Crippen MR) is 98.6 cm³/mol. The fourth-order valence-electron chi connectivity index (χ4n) is 3.84. The molecule has 0 spiro atoms. The second-order valence-corrected chi connectivity index (χ2v) is 7.01. The van der Waals surface area contributed by atoms with E-state index >= 15 is 0 Å². The molecule has 1 atom stereocenters. The summed E-state index contributed by atoms with van der Waals surface area (Å²) in [5.74, 6) is -1.63. The highest BCUT2D eigenvalue weighted by atomic mass is 19.1. The zero-order chi connectivity index (χ0) is 19.0. The van der Waals surface area contributed by atoms with E-state index in [-0.39, 0.29) is 18.2 Å². The summed E-state index contributed by atoms with van der Waals surface area (Å²) in [6, 6.07) is 4.09. The molecule has 0 saturated carbocycles. The SMILES string of the molecule is Cc1ncc2c(c1CNC(=O)[C@@H]1CC(=O)Nc3ccc(F)cc31)CCNC2. The Labute approximate surface area is 156 Å². The Morgan fingerprint density at radius 3 is 3.11 bits per heavy atom. The van der Waals surface area contributed by atoms with Crippen LogP contribution < -0.4 is 16.0 Å². The van der Waals surface area contributed by atoms with E-state index < -0.39 is 11.7 Å². The fraction of sp³-hybridized carbons (Fsp3) is 0.350. The fourth-order valence-corrected chi connectivity index (χ4v) is 3.84. The number of carbonyl (C=O) groups excluding carboxylic acids is 2. The third-order valence-corrected chi connectivity index (χ3v) is 5.28. The Balaban J connectivity index is 1.56. The number of aryl methyl sites for hydroxylation is 1. The smallest absolute Gasteiger partial charge is 0.228 e. The van der Waals surface area contributed by atoms with E-state index in [0.717, 1.165) is 36.3 Å². The van der Waals surface area contributed by atoms with Crippen molar-refractivity contribution in [1.29, 1.82) is 0 Å². The van der Waals surface area contributed by atoms with Gasteiger partial charge in [0.25, 0.3) is 0 Å². The largest absolute Gasteiger partial charge is 0.351 e. The van der Waals surface area contributed by atoms with Crippen molar-refractivity contribution in [2.45, 2.75) is 38.8 Å². The molecule has 2 aliphatic heterocycles. The van der Waals surface area contributed by atoms with Crippen LogP contribution in [0.25, 0.3) is 0 Å². The van der Waals surface area contributed by atoms with Crippen LogP contribution in [0.4, 0.5) is 10.1 Å². The Hall–Kier alpha value is -2.80. The number of rotatable bonds is 3. The molecule has 27 heavy (non-hydrogen) atoms. The zero-order valence-corrected chi connectivity index (χ0v) is 15.1. The molecule has 1 aromatic heterocycles. The number of amides is 2. The van der Waals surface area contributed by atoms with Crippen LogP contribution >= 0.6 is 0 Å². The summed E-state index contributed by atoms with van der Waals surface area (Å²) in [4.78, 5) is 29.2. The van der Waals surface area contributed by atoms with E-state index in [1.807, 2.05) is 13.1 Å². The molecule has 0 radical (unpaired) electrons. The van der Waals surface area contributed by atoms with Gasteiger partial charge in [0.2, 0.25) is 11.8 Å². The number of hydrogen-bond donors (Lipinski definition) is 3. The Kier molecular flexibility index (Phi) is 4.61. The number of halogens is 1. The van der Waals surface area contributed by atoms with Crippen molar-refractivity contribution in [3.63, 3.8) is 0 Å². The first-order chi connectivity index (χ1) is 13.0. The highest BCUT2D eigenvalue weighted by molar-refractivity contribution is 6.01. The summed E-state index contributed by atoms with van der Waals surface area (Å²) in [6.07, 6.45) is 2.78. The summed E-state index contributed by atoms with van der Waals surface area (Å²) in [5.41, 5.74) is 5.32. The maximum atomic E-state index is 13.7. The number of carbonyl (C=O) groups is 2. The molecule has 3 heterocycles. The molecular weight excluding hydrogens is 347 g/mol. The van der Waals surface area contributed by atoms with E-state index in [1.54, 1.807) is 0 Å².